The van der Waals surface area contributed by atoms with Gasteiger partial charge in [0.15, 0.2) is 6.61 Å². The Morgan fingerprint density at radius 1 is 0.906 bits per heavy atom. The number of nitrogens with zero attached hydrogens (tertiary/aromatic N) is 1. The fourth-order valence-electron chi connectivity index (χ4n) is 2.24. The highest BCUT2D eigenvalue weighted by Gasteiger charge is 2.14. The average Bonchev–Trinajstić information content (AvgIpc) is 2.74. The van der Waals surface area contributed by atoms with Crippen LogP contribution >= 0.6 is 34.8 Å². The largest absolute Gasteiger partial charge is 0.454 e. The van der Waals surface area contributed by atoms with Crippen LogP contribution in [-0.4, -0.2) is 43.4 Å². The van der Waals surface area contributed by atoms with Crippen LogP contribution in [0, 0.1) is 11.3 Å². The first-order chi connectivity index (χ1) is 15.2. The number of nitriles is 1. The first-order valence-electron chi connectivity index (χ1n) is 8.84. The van der Waals surface area contributed by atoms with Crippen molar-refractivity contribution in [1.29, 1.82) is 5.26 Å². The van der Waals surface area contributed by atoms with E-state index in [0.29, 0.717) is 10.7 Å². The maximum atomic E-state index is 12.0. The minimum Gasteiger partial charge on any atom is -0.454 e. The molecule has 32 heavy (non-hydrogen) atoms. The Morgan fingerprint density at radius 2 is 1.66 bits per heavy atom. The van der Waals surface area contributed by atoms with Crippen LogP contribution < -0.4 is 16.0 Å². The first-order valence-corrected chi connectivity index (χ1v) is 9.98. The van der Waals surface area contributed by atoms with Crippen LogP contribution in [0.15, 0.2) is 36.4 Å². The normalized spacial score (nSPS) is 9.94. The van der Waals surface area contributed by atoms with E-state index in [0.717, 1.165) is 0 Å². The molecule has 0 saturated heterocycles. The molecule has 0 aliphatic carbocycles. The standard InChI is InChI=1S/C20H15Cl3N4O5/c21-12-2-4-14(16(23)5-12)20(31)26-8-17(28)25-9-19(30)32-10-18(29)27-13-3-1-11(7-24)15(22)6-13/h1-6H,8-10H2,(H,25,28)(H,26,31)(H,27,29). The number of halogens is 3. The molecule has 0 aliphatic rings. The number of ether oxygens (including phenoxy) is 1. The highest BCUT2D eigenvalue weighted by Crippen LogP contribution is 2.21. The van der Waals surface area contributed by atoms with Crippen LogP contribution in [0.4, 0.5) is 5.69 Å². The van der Waals surface area contributed by atoms with E-state index in [9.17, 15) is 19.2 Å². The Labute approximate surface area is 197 Å². The number of nitrogens with one attached hydrogen (secondary N) is 3. The van der Waals surface area contributed by atoms with Gasteiger partial charge in [-0.25, -0.2) is 0 Å². The Hall–Kier alpha value is -3.32. The molecular formula is C20H15Cl3N4O5. The van der Waals surface area contributed by atoms with E-state index in [2.05, 4.69) is 16.0 Å². The van der Waals surface area contributed by atoms with Gasteiger partial charge in [0.2, 0.25) is 5.91 Å². The number of esters is 1. The molecule has 0 atom stereocenters. The molecule has 12 heteroatoms. The molecule has 2 rings (SSSR count). The Bertz CT molecular complexity index is 1100. The summed E-state index contributed by atoms with van der Waals surface area (Å²) < 4.78 is 4.76. The SMILES string of the molecule is N#Cc1ccc(NC(=O)COC(=O)CNC(=O)CNC(=O)c2ccc(Cl)cc2Cl)cc1Cl. The van der Waals surface area contributed by atoms with Gasteiger partial charge in [-0.15, -0.1) is 0 Å². The maximum absolute atomic E-state index is 12.0. The number of hydrogen-bond acceptors (Lipinski definition) is 6. The molecule has 0 spiro atoms. The van der Waals surface area contributed by atoms with E-state index >= 15 is 0 Å². The highest BCUT2D eigenvalue weighted by atomic mass is 35.5. The van der Waals surface area contributed by atoms with E-state index in [1.807, 2.05) is 6.07 Å². The van der Waals surface area contributed by atoms with E-state index < -0.39 is 43.4 Å². The van der Waals surface area contributed by atoms with Gasteiger partial charge in [-0.2, -0.15) is 5.26 Å². The average molecular weight is 498 g/mol. The Morgan fingerprint density at radius 3 is 2.31 bits per heavy atom. The summed E-state index contributed by atoms with van der Waals surface area (Å²) in [7, 11) is 0. The summed E-state index contributed by atoms with van der Waals surface area (Å²) >= 11 is 17.5. The first kappa shape index (κ1) is 24.9. The second-order valence-electron chi connectivity index (χ2n) is 6.10. The molecule has 0 fully saturated rings. The van der Waals surface area contributed by atoms with Crippen molar-refractivity contribution in [2.24, 2.45) is 0 Å². The molecule has 2 aromatic carbocycles. The summed E-state index contributed by atoms with van der Waals surface area (Å²) in [6.45, 7) is -1.52. The van der Waals surface area contributed by atoms with Crippen LogP contribution in [0.1, 0.15) is 15.9 Å². The van der Waals surface area contributed by atoms with Gasteiger partial charge in [-0.3, -0.25) is 19.2 Å². The summed E-state index contributed by atoms with van der Waals surface area (Å²) in [6, 6.07) is 10.4. The van der Waals surface area contributed by atoms with Crippen LogP contribution in [0.25, 0.3) is 0 Å². The Kier molecular flexibility index (Phi) is 9.28. The van der Waals surface area contributed by atoms with Crippen molar-refractivity contribution in [3.8, 4) is 6.07 Å². The zero-order valence-corrected chi connectivity index (χ0v) is 18.5. The summed E-state index contributed by atoms with van der Waals surface area (Å²) in [5, 5.41) is 16.5. The number of hydrogen-bond donors (Lipinski definition) is 3. The molecular weight excluding hydrogens is 483 g/mol. The summed E-state index contributed by atoms with van der Waals surface area (Å²) in [5.74, 6) is -2.75. The molecule has 3 N–H and O–H groups in total. The molecule has 0 radical (unpaired) electrons. The van der Waals surface area contributed by atoms with Crippen molar-refractivity contribution < 1.29 is 23.9 Å². The van der Waals surface area contributed by atoms with Crippen molar-refractivity contribution in [2.75, 3.05) is 25.0 Å². The quantitative estimate of drug-likeness (QED) is 0.479. The monoisotopic (exact) mass is 496 g/mol. The van der Waals surface area contributed by atoms with Gasteiger partial charge < -0.3 is 20.7 Å². The van der Waals surface area contributed by atoms with Crippen molar-refractivity contribution in [3.05, 3.63) is 62.6 Å². The Balaban J connectivity index is 1.69. The number of benzene rings is 2. The van der Waals surface area contributed by atoms with E-state index in [1.165, 1.54) is 36.4 Å². The molecule has 0 saturated carbocycles. The van der Waals surface area contributed by atoms with Crippen molar-refractivity contribution >= 4 is 64.2 Å². The molecule has 2 aromatic rings. The minimum absolute atomic E-state index is 0.126. The number of rotatable bonds is 8. The van der Waals surface area contributed by atoms with Crippen LogP contribution in [0.2, 0.25) is 15.1 Å². The van der Waals surface area contributed by atoms with Gasteiger partial charge in [0.25, 0.3) is 11.8 Å². The molecule has 0 aliphatic heterocycles. The fraction of sp³-hybridized carbons (Fsp3) is 0.150. The molecule has 0 heterocycles. The molecule has 3 amide bonds. The molecule has 0 bridgehead atoms. The van der Waals surface area contributed by atoms with Crippen LogP contribution in [-0.2, 0) is 19.1 Å². The zero-order valence-electron chi connectivity index (χ0n) is 16.2. The van der Waals surface area contributed by atoms with E-state index in [1.54, 1.807) is 0 Å². The van der Waals surface area contributed by atoms with Gasteiger partial charge >= 0.3 is 5.97 Å². The second-order valence-corrected chi connectivity index (χ2v) is 7.35. The summed E-state index contributed by atoms with van der Waals surface area (Å²) in [5.41, 5.74) is 0.706. The van der Waals surface area contributed by atoms with E-state index in [-0.39, 0.29) is 21.2 Å². The number of anilines is 1. The third kappa shape index (κ3) is 7.74. The lowest BCUT2D eigenvalue weighted by atomic mass is 10.2. The number of carbonyl (C=O) groups excluding carboxylic acids is 4. The minimum atomic E-state index is -0.863. The maximum Gasteiger partial charge on any atom is 0.325 e. The summed E-state index contributed by atoms with van der Waals surface area (Å²) in [4.78, 5) is 47.3. The molecule has 0 unspecified atom stereocenters. The fourth-order valence-corrected chi connectivity index (χ4v) is 2.96. The second kappa shape index (κ2) is 11.9. The summed E-state index contributed by atoms with van der Waals surface area (Å²) in [6.07, 6.45) is 0. The third-order valence-electron chi connectivity index (χ3n) is 3.75. The van der Waals surface area contributed by atoms with Crippen molar-refractivity contribution in [1.82, 2.24) is 10.6 Å². The van der Waals surface area contributed by atoms with Crippen molar-refractivity contribution in [3.63, 3.8) is 0 Å². The zero-order chi connectivity index (χ0) is 23.7. The van der Waals surface area contributed by atoms with Gasteiger partial charge in [-0.1, -0.05) is 34.8 Å². The lowest BCUT2D eigenvalue weighted by molar-refractivity contribution is -0.147. The molecule has 166 valence electrons. The van der Waals surface area contributed by atoms with E-state index in [4.69, 9.17) is 44.8 Å². The van der Waals surface area contributed by atoms with Gasteiger partial charge in [0.1, 0.15) is 12.6 Å². The highest BCUT2D eigenvalue weighted by molar-refractivity contribution is 6.36. The van der Waals surface area contributed by atoms with Gasteiger partial charge in [0.05, 0.1) is 27.7 Å². The number of amides is 3. The lowest BCUT2D eigenvalue weighted by Crippen LogP contribution is -2.39. The topological polar surface area (TPSA) is 137 Å². The lowest BCUT2D eigenvalue weighted by Gasteiger charge is -2.09. The van der Waals surface area contributed by atoms with Crippen LogP contribution in [0.3, 0.4) is 0 Å². The number of carbonyl (C=O) groups is 4. The van der Waals surface area contributed by atoms with Crippen LogP contribution in [0.5, 0.6) is 0 Å². The van der Waals surface area contributed by atoms with Crippen molar-refractivity contribution in [2.45, 2.75) is 0 Å². The predicted molar refractivity (Wildman–Crippen MR) is 118 cm³/mol. The third-order valence-corrected chi connectivity index (χ3v) is 4.61. The predicted octanol–water partition coefficient (Wildman–Crippen LogP) is 2.55. The molecule has 0 aromatic heterocycles. The smallest absolute Gasteiger partial charge is 0.325 e. The van der Waals surface area contributed by atoms with Gasteiger partial charge in [-0.05, 0) is 36.4 Å². The molecule has 9 nitrogen and oxygen atoms in total. The van der Waals surface area contributed by atoms with Gasteiger partial charge in [0, 0.05) is 10.7 Å².